The summed E-state index contributed by atoms with van der Waals surface area (Å²) in [4.78, 5) is 5.48. The molecule has 1 N–H and O–H groups in total. The van der Waals surface area contributed by atoms with Crippen LogP contribution in [0.3, 0.4) is 0 Å². The molecule has 0 amide bonds. The minimum atomic E-state index is 0.636. The van der Waals surface area contributed by atoms with Crippen molar-refractivity contribution in [3.05, 3.63) is 0 Å². The van der Waals surface area contributed by atoms with E-state index in [0.717, 1.165) is 17.9 Å². The Morgan fingerprint density at radius 3 is 2.26 bits per heavy atom. The molecule has 2 atom stereocenters. The van der Waals surface area contributed by atoms with Crippen molar-refractivity contribution in [2.45, 2.75) is 51.6 Å². The monoisotopic (exact) mass is 265 g/mol. The van der Waals surface area contributed by atoms with Crippen molar-refractivity contribution in [3.63, 3.8) is 0 Å². The molecule has 19 heavy (non-hydrogen) atoms. The van der Waals surface area contributed by atoms with Gasteiger partial charge in [0, 0.05) is 44.8 Å². The summed E-state index contributed by atoms with van der Waals surface area (Å²) in [5.74, 6) is 1.97. The Labute approximate surface area is 118 Å². The smallest absolute Gasteiger partial charge is 0.0137 e. The summed E-state index contributed by atoms with van der Waals surface area (Å²) in [5, 5.41) is 3.62. The summed E-state index contributed by atoms with van der Waals surface area (Å²) in [6.45, 7) is 12.4. The molecular formula is C16H31N3. The third-order valence-electron chi connectivity index (χ3n) is 5.25. The molecule has 2 saturated carbocycles. The number of nitrogens with one attached hydrogen (secondary N) is 1. The lowest BCUT2D eigenvalue weighted by atomic mass is 9.78. The predicted molar refractivity (Wildman–Crippen MR) is 80.4 cm³/mol. The maximum Gasteiger partial charge on any atom is 0.0137 e. The van der Waals surface area contributed by atoms with Gasteiger partial charge in [-0.05, 0) is 44.1 Å². The fourth-order valence-electron chi connectivity index (χ4n) is 3.60. The van der Waals surface area contributed by atoms with Gasteiger partial charge in [0.15, 0.2) is 0 Å². The molecule has 0 spiro atoms. The van der Waals surface area contributed by atoms with Crippen LogP contribution in [0, 0.1) is 11.8 Å². The molecule has 0 aromatic rings. The molecule has 0 aromatic heterocycles. The molecule has 0 bridgehead atoms. The molecule has 0 aromatic carbocycles. The van der Waals surface area contributed by atoms with Crippen LogP contribution >= 0.6 is 0 Å². The Hall–Kier alpha value is -0.120. The van der Waals surface area contributed by atoms with E-state index in [4.69, 9.17) is 0 Å². The highest BCUT2D eigenvalue weighted by Crippen LogP contribution is 2.33. The maximum absolute atomic E-state index is 3.62. The lowest BCUT2D eigenvalue weighted by Crippen LogP contribution is -2.57. The molecule has 3 fully saturated rings. The molecule has 1 saturated heterocycles. The lowest BCUT2D eigenvalue weighted by molar-refractivity contribution is 0.0194. The van der Waals surface area contributed by atoms with Gasteiger partial charge >= 0.3 is 0 Å². The van der Waals surface area contributed by atoms with Gasteiger partial charge in [-0.15, -0.1) is 0 Å². The second-order valence-electron chi connectivity index (χ2n) is 7.25. The van der Waals surface area contributed by atoms with Crippen LogP contribution in [0.1, 0.15) is 39.5 Å². The Kier molecular flexibility index (Phi) is 4.45. The first-order valence-electron chi connectivity index (χ1n) is 8.42. The van der Waals surface area contributed by atoms with Crippen molar-refractivity contribution >= 4 is 0 Å². The van der Waals surface area contributed by atoms with Crippen molar-refractivity contribution in [3.8, 4) is 0 Å². The van der Waals surface area contributed by atoms with E-state index in [1.165, 1.54) is 65.0 Å². The average Bonchev–Trinajstić information content (AvgIpc) is 3.14. The van der Waals surface area contributed by atoms with Crippen molar-refractivity contribution in [2.75, 3.05) is 39.3 Å². The molecule has 3 aliphatic rings. The van der Waals surface area contributed by atoms with Crippen molar-refractivity contribution in [2.24, 2.45) is 11.8 Å². The number of rotatable bonds is 6. The molecular weight excluding hydrogens is 234 g/mol. The highest BCUT2D eigenvalue weighted by molar-refractivity contribution is 4.92. The van der Waals surface area contributed by atoms with E-state index in [-0.39, 0.29) is 0 Å². The van der Waals surface area contributed by atoms with Crippen molar-refractivity contribution in [1.29, 1.82) is 0 Å². The van der Waals surface area contributed by atoms with Gasteiger partial charge in [-0.2, -0.15) is 0 Å². The highest BCUT2D eigenvalue weighted by Gasteiger charge is 2.37. The van der Waals surface area contributed by atoms with Crippen LogP contribution in [-0.4, -0.2) is 61.2 Å². The van der Waals surface area contributed by atoms with E-state index >= 15 is 0 Å². The molecule has 2 unspecified atom stereocenters. The highest BCUT2D eigenvalue weighted by atomic mass is 15.3. The van der Waals surface area contributed by atoms with Gasteiger partial charge in [-0.3, -0.25) is 4.90 Å². The number of piperazine rings is 1. The van der Waals surface area contributed by atoms with Crippen LogP contribution in [-0.2, 0) is 0 Å². The third-order valence-corrected chi connectivity index (χ3v) is 5.25. The fraction of sp³-hybridized carbons (Fsp3) is 1.00. The molecule has 3 nitrogen and oxygen atoms in total. The van der Waals surface area contributed by atoms with Crippen molar-refractivity contribution in [1.82, 2.24) is 15.1 Å². The second kappa shape index (κ2) is 6.11. The van der Waals surface area contributed by atoms with Crippen LogP contribution in [0.15, 0.2) is 0 Å². The standard InChI is InChI=1S/C16H31N3/c1-13(2)17-11-15-5-6-16(15)19-9-7-18(8-10-19)12-14-3-4-14/h13-17H,3-12H2,1-2H3. The van der Waals surface area contributed by atoms with Gasteiger partial charge in [-0.1, -0.05) is 13.8 Å². The molecule has 2 aliphatic carbocycles. The summed E-state index contributed by atoms with van der Waals surface area (Å²) >= 11 is 0. The summed E-state index contributed by atoms with van der Waals surface area (Å²) in [6, 6.07) is 1.52. The number of nitrogens with zero attached hydrogens (tertiary/aromatic N) is 2. The predicted octanol–water partition coefficient (Wildman–Crippen LogP) is 1.79. The Bertz CT molecular complexity index is 280. The molecule has 3 rings (SSSR count). The van der Waals surface area contributed by atoms with Gasteiger partial charge in [0.2, 0.25) is 0 Å². The molecule has 1 heterocycles. The normalized spacial score (nSPS) is 33.6. The SMILES string of the molecule is CC(C)NCC1CCC1N1CCN(CC2CC2)CC1. The molecule has 3 heteroatoms. The van der Waals surface area contributed by atoms with Gasteiger partial charge in [0.05, 0.1) is 0 Å². The lowest BCUT2D eigenvalue weighted by Gasteiger charge is -2.48. The average molecular weight is 265 g/mol. The van der Waals surface area contributed by atoms with Gasteiger partial charge < -0.3 is 10.2 Å². The first-order chi connectivity index (χ1) is 9.22. The van der Waals surface area contributed by atoms with Crippen molar-refractivity contribution < 1.29 is 0 Å². The summed E-state index contributed by atoms with van der Waals surface area (Å²) in [7, 11) is 0. The fourth-order valence-corrected chi connectivity index (χ4v) is 3.60. The van der Waals surface area contributed by atoms with Gasteiger partial charge in [-0.25, -0.2) is 0 Å². The van der Waals surface area contributed by atoms with Crippen LogP contribution < -0.4 is 5.32 Å². The number of hydrogen-bond donors (Lipinski definition) is 1. The van der Waals surface area contributed by atoms with E-state index in [0.29, 0.717) is 6.04 Å². The number of hydrogen-bond acceptors (Lipinski definition) is 3. The minimum absolute atomic E-state index is 0.636. The maximum atomic E-state index is 3.62. The first-order valence-corrected chi connectivity index (χ1v) is 8.42. The molecule has 0 radical (unpaired) electrons. The molecule has 1 aliphatic heterocycles. The van der Waals surface area contributed by atoms with E-state index in [1.54, 1.807) is 0 Å². The van der Waals surface area contributed by atoms with Gasteiger partial charge in [0.1, 0.15) is 0 Å². The van der Waals surface area contributed by atoms with E-state index in [2.05, 4.69) is 29.0 Å². The largest absolute Gasteiger partial charge is 0.314 e. The zero-order valence-electron chi connectivity index (χ0n) is 12.8. The Morgan fingerprint density at radius 2 is 1.74 bits per heavy atom. The summed E-state index contributed by atoms with van der Waals surface area (Å²) in [5.41, 5.74) is 0. The van der Waals surface area contributed by atoms with E-state index in [1.807, 2.05) is 0 Å². The summed E-state index contributed by atoms with van der Waals surface area (Å²) < 4.78 is 0. The molecule has 110 valence electrons. The third kappa shape index (κ3) is 3.71. The van der Waals surface area contributed by atoms with Crippen LogP contribution in [0.4, 0.5) is 0 Å². The minimum Gasteiger partial charge on any atom is -0.314 e. The first kappa shape index (κ1) is 13.8. The van der Waals surface area contributed by atoms with Gasteiger partial charge in [0.25, 0.3) is 0 Å². The quantitative estimate of drug-likeness (QED) is 0.790. The van der Waals surface area contributed by atoms with Crippen LogP contribution in [0.5, 0.6) is 0 Å². The van der Waals surface area contributed by atoms with Crippen LogP contribution in [0.2, 0.25) is 0 Å². The summed E-state index contributed by atoms with van der Waals surface area (Å²) in [6.07, 6.45) is 5.86. The van der Waals surface area contributed by atoms with E-state index in [9.17, 15) is 0 Å². The zero-order chi connectivity index (χ0) is 13.2. The Morgan fingerprint density at radius 1 is 1.00 bits per heavy atom. The topological polar surface area (TPSA) is 18.5 Å². The Balaban J connectivity index is 1.38. The second-order valence-corrected chi connectivity index (χ2v) is 7.25. The zero-order valence-corrected chi connectivity index (χ0v) is 12.8. The van der Waals surface area contributed by atoms with E-state index < -0.39 is 0 Å². The van der Waals surface area contributed by atoms with Crippen LogP contribution in [0.25, 0.3) is 0 Å².